The summed E-state index contributed by atoms with van der Waals surface area (Å²) in [5.41, 5.74) is 6.68. The average Bonchev–Trinajstić information content (AvgIpc) is 2.91. The lowest BCUT2D eigenvalue weighted by molar-refractivity contribution is -0.123. The topological polar surface area (TPSA) is 76.2 Å². The van der Waals surface area contributed by atoms with Gasteiger partial charge in [-0.2, -0.15) is 13.2 Å². The van der Waals surface area contributed by atoms with Crippen LogP contribution in [0.15, 0.2) is 12.5 Å². The van der Waals surface area contributed by atoms with Crippen LogP contribution in [0, 0.1) is 0 Å². The largest absolute Gasteiger partial charge is 0.405 e. The van der Waals surface area contributed by atoms with Crippen LogP contribution in [0.5, 0.6) is 0 Å². The van der Waals surface area contributed by atoms with Crippen molar-refractivity contribution in [3.8, 4) is 0 Å². The van der Waals surface area contributed by atoms with Crippen molar-refractivity contribution in [2.75, 3.05) is 19.6 Å². The first kappa shape index (κ1) is 14.6. The summed E-state index contributed by atoms with van der Waals surface area (Å²) in [4.78, 5) is 17.1. The fourth-order valence-corrected chi connectivity index (χ4v) is 2.22. The predicted octanol–water partition coefficient (Wildman–Crippen LogP) is 0.418. The van der Waals surface area contributed by atoms with Gasteiger partial charge < -0.3 is 20.5 Å². The summed E-state index contributed by atoms with van der Waals surface area (Å²) in [5.74, 6) is -0.159. The van der Waals surface area contributed by atoms with Gasteiger partial charge in [-0.05, 0) is 0 Å². The van der Waals surface area contributed by atoms with E-state index >= 15 is 0 Å². The van der Waals surface area contributed by atoms with E-state index in [9.17, 15) is 18.0 Å². The normalized spacial score (nSPS) is 23.1. The molecular weight excluding hydrogens is 275 g/mol. The predicted molar refractivity (Wildman–Crippen MR) is 65.0 cm³/mol. The molecule has 0 unspecified atom stereocenters. The minimum Gasteiger partial charge on any atom is -0.340 e. The summed E-state index contributed by atoms with van der Waals surface area (Å²) < 4.78 is 37.9. The van der Waals surface area contributed by atoms with Crippen molar-refractivity contribution in [1.29, 1.82) is 0 Å². The van der Waals surface area contributed by atoms with Crippen LogP contribution in [0.25, 0.3) is 0 Å². The summed E-state index contributed by atoms with van der Waals surface area (Å²) in [6, 6.07) is -1.09. The highest BCUT2D eigenvalue weighted by molar-refractivity contribution is 5.74. The molecule has 1 aromatic heterocycles. The second-order valence-electron chi connectivity index (χ2n) is 4.91. The molecule has 20 heavy (non-hydrogen) atoms. The lowest BCUT2D eigenvalue weighted by Gasteiger charge is -2.17. The Balaban J connectivity index is 1.95. The molecule has 0 aliphatic carbocycles. The highest BCUT2D eigenvalue weighted by Gasteiger charge is 2.36. The molecule has 112 valence electrons. The smallest absolute Gasteiger partial charge is 0.340 e. The van der Waals surface area contributed by atoms with Gasteiger partial charge in [-0.1, -0.05) is 0 Å². The van der Waals surface area contributed by atoms with Gasteiger partial charge in [0.05, 0.1) is 12.0 Å². The third kappa shape index (κ3) is 3.41. The maximum absolute atomic E-state index is 12.1. The fourth-order valence-electron chi connectivity index (χ4n) is 2.22. The van der Waals surface area contributed by atoms with Gasteiger partial charge in [0.2, 0.25) is 0 Å². The van der Waals surface area contributed by atoms with Gasteiger partial charge in [-0.15, -0.1) is 0 Å². The minimum absolute atomic E-state index is 0.159. The zero-order valence-electron chi connectivity index (χ0n) is 10.9. The number of nitrogens with one attached hydrogen (secondary N) is 1. The number of nitrogens with two attached hydrogens (primary N) is 1. The van der Waals surface area contributed by atoms with Gasteiger partial charge >= 0.3 is 12.2 Å². The van der Waals surface area contributed by atoms with Crippen LogP contribution in [0.2, 0.25) is 0 Å². The Hall–Kier alpha value is -1.77. The number of rotatable bonds is 2. The van der Waals surface area contributed by atoms with Crippen molar-refractivity contribution in [3.63, 3.8) is 0 Å². The van der Waals surface area contributed by atoms with Crippen molar-refractivity contribution < 1.29 is 18.0 Å². The third-order valence-corrected chi connectivity index (χ3v) is 3.20. The third-order valence-electron chi connectivity index (χ3n) is 3.20. The van der Waals surface area contributed by atoms with E-state index in [1.807, 2.05) is 12.4 Å². The lowest BCUT2D eigenvalue weighted by atomic mass is 10.0. The first-order valence-corrected chi connectivity index (χ1v) is 6.09. The number of aryl methyl sites for hydroxylation is 1. The van der Waals surface area contributed by atoms with Gasteiger partial charge in [0.25, 0.3) is 0 Å². The number of hydrogen-bond acceptors (Lipinski definition) is 3. The number of alkyl halides is 3. The zero-order chi connectivity index (χ0) is 14.9. The van der Waals surface area contributed by atoms with E-state index in [2.05, 4.69) is 4.98 Å². The van der Waals surface area contributed by atoms with Crippen molar-refractivity contribution >= 4 is 6.03 Å². The molecule has 1 aliphatic heterocycles. The fraction of sp³-hybridized carbons (Fsp3) is 0.636. The van der Waals surface area contributed by atoms with Crippen molar-refractivity contribution in [3.05, 3.63) is 18.2 Å². The number of nitrogens with zero attached hydrogens (tertiary/aromatic N) is 3. The highest BCUT2D eigenvalue weighted by Crippen LogP contribution is 2.25. The molecule has 6 nitrogen and oxygen atoms in total. The number of hydrogen-bond donors (Lipinski definition) is 2. The Kier molecular flexibility index (Phi) is 3.89. The minimum atomic E-state index is -4.42. The van der Waals surface area contributed by atoms with E-state index in [0.717, 1.165) is 5.69 Å². The van der Waals surface area contributed by atoms with E-state index < -0.39 is 18.8 Å². The summed E-state index contributed by atoms with van der Waals surface area (Å²) in [5, 5.41) is 1.84. The van der Waals surface area contributed by atoms with E-state index in [4.69, 9.17) is 5.73 Å². The molecule has 1 saturated heterocycles. The van der Waals surface area contributed by atoms with Gasteiger partial charge in [-0.3, -0.25) is 0 Å². The van der Waals surface area contributed by atoms with Crippen LogP contribution in [0.4, 0.5) is 18.0 Å². The highest BCUT2D eigenvalue weighted by atomic mass is 19.4. The number of carbonyl (C=O) groups is 1. The molecule has 0 aromatic carbocycles. The maximum atomic E-state index is 12.1. The van der Waals surface area contributed by atoms with Crippen molar-refractivity contribution in [2.45, 2.75) is 18.1 Å². The molecule has 2 rings (SSSR count). The molecule has 2 atom stereocenters. The molecule has 2 heterocycles. The number of imidazole rings is 1. The molecule has 0 radical (unpaired) electrons. The summed E-state index contributed by atoms with van der Waals surface area (Å²) in [6.45, 7) is -0.862. The van der Waals surface area contributed by atoms with Crippen molar-refractivity contribution in [2.24, 2.45) is 12.8 Å². The van der Waals surface area contributed by atoms with Crippen LogP contribution in [0.3, 0.4) is 0 Å². The first-order valence-electron chi connectivity index (χ1n) is 6.09. The summed E-state index contributed by atoms with van der Waals surface area (Å²) in [6.07, 6.45) is -1.01. The molecular formula is C11H16F3N5O. The molecule has 3 N–H and O–H groups in total. The van der Waals surface area contributed by atoms with Gasteiger partial charge in [-0.25, -0.2) is 9.78 Å². The van der Waals surface area contributed by atoms with Crippen LogP contribution in [-0.2, 0) is 7.05 Å². The summed E-state index contributed by atoms with van der Waals surface area (Å²) in [7, 11) is 1.81. The van der Waals surface area contributed by atoms with E-state index in [0.29, 0.717) is 0 Å². The quantitative estimate of drug-likeness (QED) is 0.829. The molecule has 0 spiro atoms. The molecule has 1 aliphatic rings. The molecule has 1 aromatic rings. The van der Waals surface area contributed by atoms with Gasteiger partial charge in [0, 0.05) is 38.3 Å². The molecule has 0 bridgehead atoms. The van der Waals surface area contributed by atoms with E-state index in [1.54, 1.807) is 17.1 Å². The van der Waals surface area contributed by atoms with Crippen LogP contribution in [-0.4, -0.2) is 52.3 Å². The number of carbonyl (C=O) groups excluding carboxylic acids is 1. The SMILES string of the molecule is Cn1cnc([C@@H]2CN(C(=O)NCC(F)(F)F)C[C@H]2N)c1. The van der Waals surface area contributed by atoms with E-state index in [1.165, 1.54) is 4.90 Å². The molecule has 1 fully saturated rings. The summed E-state index contributed by atoms with van der Waals surface area (Å²) >= 11 is 0. The monoisotopic (exact) mass is 291 g/mol. The second kappa shape index (κ2) is 5.31. The maximum Gasteiger partial charge on any atom is 0.405 e. The standard InChI is InChI=1S/C11H16F3N5O/c1-18-4-9(17-6-18)7-2-19(3-8(7)15)10(20)16-5-11(12,13)14/h4,6-8H,2-3,5,15H2,1H3,(H,16,20)/t7-,8-/m1/s1. The Labute approximate surface area is 113 Å². The second-order valence-corrected chi connectivity index (χ2v) is 4.91. The van der Waals surface area contributed by atoms with Crippen molar-refractivity contribution in [1.82, 2.24) is 19.8 Å². The average molecular weight is 291 g/mol. The molecule has 9 heteroatoms. The number of urea groups is 1. The van der Waals surface area contributed by atoms with Crippen LogP contribution in [0.1, 0.15) is 11.6 Å². The van der Waals surface area contributed by atoms with Crippen LogP contribution < -0.4 is 11.1 Å². The Morgan fingerprint density at radius 3 is 2.80 bits per heavy atom. The van der Waals surface area contributed by atoms with Gasteiger partial charge in [0.1, 0.15) is 6.54 Å². The molecule has 2 amide bonds. The van der Waals surface area contributed by atoms with E-state index in [-0.39, 0.29) is 25.0 Å². The number of halogens is 3. The van der Waals surface area contributed by atoms with Gasteiger partial charge in [0.15, 0.2) is 0 Å². The lowest BCUT2D eigenvalue weighted by Crippen LogP contribution is -2.43. The van der Waals surface area contributed by atoms with Crippen LogP contribution >= 0.6 is 0 Å². The number of likely N-dealkylation sites (tertiary alicyclic amines) is 1. The Morgan fingerprint density at radius 2 is 2.25 bits per heavy atom. The number of amides is 2. The number of aromatic nitrogens is 2. The Bertz CT molecular complexity index is 487. The Morgan fingerprint density at radius 1 is 1.55 bits per heavy atom. The first-order chi connectivity index (χ1) is 9.26. The molecule has 0 saturated carbocycles. The zero-order valence-corrected chi connectivity index (χ0v) is 10.9.